The Labute approximate surface area is 164 Å². The van der Waals surface area contributed by atoms with Gasteiger partial charge in [-0.25, -0.2) is 4.79 Å². The summed E-state index contributed by atoms with van der Waals surface area (Å²) in [6.07, 6.45) is 6.59. The Balaban J connectivity index is 2.31. The Kier molecular flexibility index (Phi) is 6.59. The number of benzene rings is 1. The van der Waals surface area contributed by atoms with Gasteiger partial charge in [0.15, 0.2) is 5.75 Å². The largest absolute Gasteiger partial charge is 0.478 e. The number of thioether (sulfide) groups is 1. The molecule has 6 nitrogen and oxygen atoms in total. The molecule has 0 unspecified atom stereocenters. The minimum atomic E-state index is -1.02. The Morgan fingerprint density at radius 2 is 2.00 bits per heavy atom. The predicted octanol–water partition coefficient (Wildman–Crippen LogP) is 3.60. The highest BCUT2D eigenvalue weighted by atomic mass is 35.5. The maximum atomic E-state index is 12.5. The maximum Gasteiger partial charge on any atom is 0.328 e. The molecule has 1 fully saturated rings. The van der Waals surface area contributed by atoms with E-state index in [2.05, 4.69) is 10.7 Å². The summed E-state index contributed by atoms with van der Waals surface area (Å²) in [6.45, 7) is 1.42. The second-order valence-corrected chi connectivity index (χ2v) is 6.86. The Hall–Kier alpha value is -2.14. The number of carbonyl (C=O) groups is 3. The summed E-state index contributed by atoms with van der Waals surface area (Å²) in [4.78, 5) is 37.1. The number of nitrogens with zero attached hydrogens (tertiary/aromatic N) is 1. The van der Waals surface area contributed by atoms with Crippen LogP contribution in [0.2, 0.25) is 10.0 Å². The van der Waals surface area contributed by atoms with Gasteiger partial charge < -0.3 is 9.47 Å². The van der Waals surface area contributed by atoms with E-state index >= 15 is 0 Å². The van der Waals surface area contributed by atoms with E-state index in [4.69, 9.17) is 34.4 Å². The molecule has 1 atom stereocenters. The van der Waals surface area contributed by atoms with Crippen LogP contribution in [-0.4, -0.2) is 41.8 Å². The van der Waals surface area contributed by atoms with Crippen LogP contribution in [0.15, 0.2) is 17.0 Å². The molecule has 2 amide bonds. The van der Waals surface area contributed by atoms with Crippen molar-refractivity contribution >= 4 is 58.2 Å². The number of terminal acetylenes is 1. The third-order valence-corrected chi connectivity index (χ3v) is 4.82. The van der Waals surface area contributed by atoms with Crippen molar-refractivity contribution in [3.05, 3.63) is 32.6 Å². The Morgan fingerprint density at radius 1 is 1.38 bits per heavy atom. The number of imide groups is 1. The normalized spacial score (nSPS) is 16.6. The fraction of sp³-hybridized carbons (Fsp3) is 0.235. The molecule has 1 heterocycles. The fourth-order valence-corrected chi connectivity index (χ4v) is 3.68. The lowest BCUT2D eigenvalue weighted by Crippen LogP contribution is -2.42. The van der Waals surface area contributed by atoms with Gasteiger partial charge in [-0.05, 0) is 42.5 Å². The zero-order chi connectivity index (χ0) is 19.4. The first-order valence-corrected chi connectivity index (χ1v) is 8.77. The summed E-state index contributed by atoms with van der Waals surface area (Å²) >= 11 is 13.0. The number of halogens is 2. The lowest BCUT2D eigenvalue weighted by atomic mass is 10.2. The van der Waals surface area contributed by atoms with Gasteiger partial charge >= 0.3 is 5.97 Å². The topological polar surface area (TPSA) is 72.9 Å². The lowest BCUT2D eigenvalue weighted by molar-refractivity contribution is -0.148. The first-order valence-electron chi connectivity index (χ1n) is 7.20. The van der Waals surface area contributed by atoms with E-state index in [0.29, 0.717) is 17.3 Å². The van der Waals surface area contributed by atoms with E-state index < -0.39 is 23.2 Å². The molecule has 0 aliphatic carbocycles. The van der Waals surface area contributed by atoms with Crippen LogP contribution in [0.4, 0.5) is 4.79 Å². The second-order valence-electron chi connectivity index (χ2n) is 5.06. The van der Waals surface area contributed by atoms with Crippen LogP contribution in [0.3, 0.4) is 0 Å². The summed E-state index contributed by atoms with van der Waals surface area (Å²) < 4.78 is 9.84. The van der Waals surface area contributed by atoms with Crippen molar-refractivity contribution in [1.29, 1.82) is 0 Å². The summed E-state index contributed by atoms with van der Waals surface area (Å²) in [7, 11) is 1.18. The fourth-order valence-electron chi connectivity index (χ4n) is 2.16. The van der Waals surface area contributed by atoms with E-state index in [-0.39, 0.29) is 27.3 Å². The van der Waals surface area contributed by atoms with E-state index in [0.717, 1.165) is 4.90 Å². The molecular weight excluding hydrogens is 401 g/mol. The molecule has 0 aromatic heterocycles. The molecule has 136 valence electrons. The zero-order valence-electron chi connectivity index (χ0n) is 13.7. The van der Waals surface area contributed by atoms with Crippen molar-refractivity contribution < 1.29 is 23.9 Å². The maximum absolute atomic E-state index is 12.5. The molecule has 1 aromatic carbocycles. The first kappa shape index (κ1) is 20.2. The van der Waals surface area contributed by atoms with Crippen LogP contribution in [0.5, 0.6) is 5.75 Å². The minimum Gasteiger partial charge on any atom is -0.478 e. The number of carbonyl (C=O) groups excluding carboxylic acids is 3. The molecule has 0 saturated carbocycles. The number of rotatable bonds is 5. The summed E-state index contributed by atoms with van der Waals surface area (Å²) in [5.41, 5.74) is 0.490. The molecule has 0 N–H and O–H groups in total. The van der Waals surface area contributed by atoms with Crippen molar-refractivity contribution in [3.63, 3.8) is 0 Å². The van der Waals surface area contributed by atoms with E-state index in [1.54, 1.807) is 0 Å². The highest BCUT2D eigenvalue weighted by Crippen LogP contribution is 2.37. The van der Waals surface area contributed by atoms with Crippen molar-refractivity contribution in [1.82, 2.24) is 4.90 Å². The average molecular weight is 414 g/mol. The molecule has 1 aliphatic rings. The smallest absolute Gasteiger partial charge is 0.328 e. The SMILES string of the molecule is C#CCOc1c(Cl)cc(/C=C2/SC(=O)N([C@H](C)C(=O)OC)C2=O)cc1Cl. The average Bonchev–Trinajstić information content (AvgIpc) is 2.86. The number of hydrogen-bond acceptors (Lipinski definition) is 6. The molecule has 1 aliphatic heterocycles. The third kappa shape index (κ3) is 4.15. The quantitative estimate of drug-likeness (QED) is 0.417. The lowest BCUT2D eigenvalue weighted by Gasteiger charge is -2.18. The second kappa shape index (κ2) is 8.49. The predicted molar refractivity (Wildman–Crippen MR) is 100 cm³/mol. The Bertz CT molecular complexity index is 823. The number of ether oxygens (including phenoxy) is 2. The monoisotopic (exact) mass is 413 g/mol. The number of amides is 2. The molecule has 9 heteroatoms. The van der Waals surface area contributed by atoms with Crippen molar-refractivity contribution in [2.75, 3.05) is 13.7 Å². The van der Waals surface area contributed by atoms with Crippen LogP contribution < -0.4 is 4.74 Å². The molecular formula is C17H13Cl2NO5S. The van der Waals surface area contributed by atoms with Crippen molar-refractivity contribution in [2.45, 2.75) is 13.0 Å². The summed E-state index contributed by atoms with van der Waals surface area (Å²) in [5, 5.41) is -0.146. The third-order valence-electron chi connectivity index (χ3n) is 3.37. The van der Waals surface area contributed by atoms with Gasteiger partial charge in [0.05, 0.1) is 22.1 Å². The minimum absolute atomic E-state index is 0.00307. The molecule has 0 spiro atoms. The van der Waals surface area contributed by atoms with Gasteiger partial charge in [0.2, 0.25) is 0 Å². The van der Waals surface area contributed by atoms with Gasteiger partial charge in [-0.15, -0.1) is 6.42 Å². The van der Waals surface area contributed by atoms with Crippen molar-refractivity contribution in [3.8, 4) is 18.1 Å². The molecule has 1 saturated heterocycles. The van der Waals surface area contributed by atoms with Gasteiger partial charge in [0.25, 0.3) is 11.1 Å². The molecule has 2 rings (SSSR count). The summed E-state index contributed by atoms with van der Waals surface area (Å²) in [5.74, 6) is 1.25. The van der Waals surface area contributed by atoms with Crippen LogP contribution in [0, 0.1) is 12.3 Å². The van der Waals surface area contributed by atoms with E-state index in [9.17, 15) is 14.4 Å². The van der Waals surface area contributed by atoms with Crippen LogP contribution in [0.25, 0.3) is 6.08 Å². The van der Waals surface area contributed by atoms with E-state index in [1.807, 2.05) is 0 Å². The standard InChI is InChI=1S/C17H13Cl2NO5S/c1-4-5-25-14-11(18)6-10(7-12(14)19)8-13-15(21)20(17(23)26-13)9(2)16(22)24-3/h1,6-9H,5H2,2-3H3/b13-8+/t9-/m1/s1. The van der Waals surface area contributed by atoms with Crippen molar-refractivity contribution in [2.24, 2.45) is 0 Å². The molecule has 26 heavy (non-hydrogen) atoms. The van der Waals surface area contributed by atoms with Crippen LogP contribution in [0.1, 0.15) is 12.5 Å². The van der Waals surface area contributed by atoms with E-state index in [1.165, 1.54) is 32.2 Å². The van der Waals surface area contributed by atoms with Crippen LogP contribution >= 0.6 is 35.0 Å². The molecule has 1 aromatic rings. The highest BCUT2D eigenvalue weighted by Gasteiger charge is 2.41. The van der Waals surface area contributed by atoms with Gasteiger partial charge in [-0.2, -0.15) is 0 Å². The zero-order valence-corrected chi connectivity index (χ0v) is 16.1. The number of methoxy groups -OCH3 is 1. The summed E-state index contributed by atoms with van der Waals surface area (Å²) in [6, 6.07) is 2.03. The first-order chi connectivity index (χ1) is 12.3. The van der Waals surface area contributed by atoms with Gasteiger partial charge in [-0.1, -0.05) is 29.1 Å². The van der Waals surface area contributed by atoms with Gasteiger partial charge in [0, 0.05) is 0 Å². The highest BCUT2D eigenvalue weighted by molar-refractivity contribution is 8.18. The van der Waals surface area contributed by atoms with Gasteiger partial charge in [-0.3, -0.25) is 14.5 Å². The van der Waals surface area contributed by atoms with Crippen LogP contribution in [-0.2, 0) is 14.3 Å². The number of esters is 1. The van der Waals surface area contributed by atoms with Gasteiger partial charge in [0.1, 0.15) is 12.6 Å². The number of hydrogen-bond donors (Lipinski definition) is 0. The molecule has 0 bridgehead atoms. The molecule has 0 radical (unpaired) electrons. The Morgan fingerprint density at radius 3 is 2.54 bits per heavy atom.